The summed E-state index contributed by atoms with van der Waals surface area (Å²) in [4.78, 5) is 0. The molecule has 0 aliphatic heterocycles. The molecule has 0 fully saturated rings. The fourth-order valence-electron chi connectivity index (χ4n) is 0. The van der Waals surface area contributed by atoms with E-state index in [2.05, 4.69) is 33.5 Å². The maximum Gasteiger partial charge on any atom is 0.0501 e. The largest absolute Gasteiger partial charge is 0.0692 e. The second kappa shape index (κ2) is 1.99. The molecule has 0 unspecified atom stereocenters. The molecule has 0 aromatic rings. The smallest absolute Gasteiger partial charge is 0.0501 e. The Balaban J connectivity index is 3.54. The van der Waals surface area contributed by atoms with Crippen LogP contribution in [-0.2, 0) is 0 Å². The van der Waals surface area contributed by atoms with Crippen LogP contribution in [0.25, 0.3) is 0 Å². The minimum atomic E-state index is -0.818. The first kappa shape index (κ1) is 7.22. The molecule has 0 bridgehead atoms. The molecule has 0 aliphatic rings. The van der Waals surface area contributed by atoms with Gasteiger partial charge in [0.1, 0.15) is 0 Å². The van der Waals surface area contributed by atoms with Crippen LogP contribution in [0.1, 0.15) is 13.8 Å². The third-order valence-corrected chi connectivity index (χ3v) is 4.50. The molecule has 0 nitrogen and oxygen atoms in total. The van der Waals surface area contributed by atoms with Crippen LogP contribution in [0.4, 0.5) is 0 Å². The highest BCUT2D eigenvalue weighted by atomic mass is 28.3. The average Bonchev–Trinajstić information content (AvgIpc) is 1.31. The first-order chi connectivity index (χ1) is 2.94. The van der Waals surface area contributed by atoms with Gasteiger partial charge in [0.25, 0.3) is 0 Å². The molecule has 1 heteroatoms. The minimum absolute atomic E-state index is 0.818. The SMILES string of the molecule is C[C](C)[Si](C)(C)C. The van der Waals surface area contributed by atoms with Crippen molar-refractivity contribution in [2.24, 2.45) is 0 Å². The van der Waals surface area contributed by atoms with Gasteiger partial charge in [-0.05, 0) is 5.54 Å². The van der Waals surface area contributed by atoms with Crippen molar-refractivity contribution in [3.05, 3.63) is 5.54 Å². The fraction of sp³-hybridized carbons (Fsp3) is 0.833. The molecule has 0 amide bonds. The normalized spacial score (nSPS) is 12.9. The first-order valence-corrected chi connectivity index (χ1v) is 6.25. The van der Waals surface area contributed by atoms with Crippen molar-refractivity contribution in [1.82, 2.24) is 0 Å². The maximum atomic E-state index is 2.36. The van der Waals surface area contributed by atoms with E-state index in [-0.39, 0.29) is 0 Å². The van der Waals surface area contributed by atoms with E-state index in [1.165, 1.54) is 0 Å². The van der Waals surface area contributed by atoms with Gasteiger partial charge in [-0.15, -0.1) is 0 Å². The van der Waals surface area contributed by atoms with E-state index in [1.54, 1.807) is 5.54 Å². The lowest BCUT2D eigenvalue weighted by atomic mass is 10.6. The molecule has 0 spiro atoms. The Morgan fingerprint density at radius 2 is 1.14 bits per heavy atom. The van der Waals surface area contributed by atoms with Crippen LogP contribution in [0.5, 0.6) is 0 Å². The third-order valence-electron chi connectivity index (χ3n) is 1.50. The number of rotatable bonds is 1. The Bertz CT molecular complexity index is 49.7. The third kappa shape index (κ3) is 2.86. The van der Waals surface area contributed by atoms with E-state index in [1.807, 2.05) is 0 Å². The predicted octanol–water partition coefficient (Wildman–Crippen LogP) is 2.48. The second-order valence-electron chi connectivity index (χ2n) is 3.25. The zero-order valence-corrected chi connectivity index (χ0v) is 7.00. The lowest BCUT2D eigenvalue weighted by molar-refractivity contribution is 1.24. The van der Waals surface area contributed by atoms with Crippen molar-refractivity contribution in [2.45, 2.75) is 33.5 Å². The van der Waals surface area contributed by atoms with Crippen molar-refractivity contribution >= 4 is 8.07 Å². The van der Waals surface area contributed by atoms with Crippen LogP contribution < -0.4 is 0 Å². The van der Waals surface area contributed by atoms with E-state index in [0.717, 1.165) is 0 Å². The first-order valence-electron chi connectivity index (χ1n) is 2.75. The zero-order chi connectivity index (χ0) is 6.08. The summed E-state index contributed by atoms with van der Waals surface area (Å²) in [6, 6.07) is 0. The van der Waals surface area contributed by atoms with Gasteiger partial charge >= 0.3 is 0 Å². The molecule has 0 saturated heterocycles. The fourth-order valence-corrected chi connectivity index (χ4v) is 0. The van der Waals surface area contributed by atoms with Crippen molar-refractivity contribution in [2.75, 3.05) is 0 Å². The van der Waals surface area contributed by atoms with Gasteiger partial charge in [-0.1, -0.05) is 33.5 Å². The molecule has 0 saturated carbocycles. The molecule has 0 heterocycles. The van der Waals surface area contributed by atoms with E-state index in [9.17, 15) is 0 Å². The Morgan fingerprint density at radius 3 is 1.14 bits per heavy atom. The molecule has 0 atom stereocenters. The van der Waals surface area contributed by atoms with E-state index in [4.69, 9.17) is 0 Å². The molecule has 0 aliphatic carbocycles. The van der Waals surface area contributed by atoms with Crippen molar-refractivity contribution in [3.63, 3.8) is 0 Å². The molecule has 0 aromatic heterocycles. The summed E-state index contributed by atoms with van der Waals surface area (Å²) in [5.41, 5.74) is 1.63. The maximum absolute atomic E-state index is 2.36. The van der Waals surface area contributed by atoms with E-state index in [0.29, 0.717) is 0 Å². The highest BCUT2D eigenvalue weighted by Crippen LogP contribution is 2.14. The van der Waals surface area contributed by atoms with Gasteiger partial charge in [-0.25, -0.2) is 0 Å². The lowest BCUT2D eigenvalue weighted by Crippen LogP contribution is -2.26. The second-order valence-corrected chi connectivity index (χ2v) is 8.75. The van der Waals surface area contributed by atoms with Gasteiger partial charge in [0.2, 0.25) is 0 Å². The van der Waals surface area contributed by atoms with Gasteiger partial charge in [0.05, 0.1) is 8.07 Å². The molecule has 1 radical (unpaired) electrons. The topological polar surface area (TPSA) is 0 Å². The summed E-state index contributed by atoms with van der Waals surface area (Å²) in [6.07, 6.45) is 0. The lowest BCUT2D eigenvalue weighted by Gasteiger charge is -2.19. The summed E-state index contributed by atoms with van der Waals surface area (Å²) in [6.45, 7) is 11.5. The average molecular weight is 115 g/mol. The van der Waals surface area contributed by atoms with Gasteiger partial charge in [0.15, 0.2) is 0 Å². The molecule has 0 aromatic carbocycles. The molecule has 0 rings (SSSR count). The Kier molecular flexibility index (Phi) is 2.05. The number of hydrogen-bond donors (Lipinski definition) is 0. The van der Waals surface area contributed by atoms with Gasteiger partial charge in [-0.2, -0.15) is 0 Å². The molecular formula is C6H15Si. The summed E-state index contributed by atoms with van der Waals surface area (Å²) in [7, 11) is -0.818. The summed E-state index contributed by atoms with van der Waals surface area (Å²) in [5.74, 6) is 0. The number of hydrogen-bond acceptors (Lipinski definition) is 0. The zero-order valence-electron chi connectivity index (χ0n) is 6.00. The van der Waals surface area contributed by atoms with Crippen molar-refractivity contribution < 1.29 is 0 Å². The van der Waals surface area contributed by atoms with Crippen LogP contribution in [0.15, 0.2) is 0 Å². The summed E-state index contributed by atoms with van der Waals surface area (Å²) in [5, 5.41) is 0. The van der Waals surface area contributed by atoms with Crippen molar-refractivity contribution in [3.8, 4) is 0 Å². The molecular weight excluding hydrogens is 100 g/mol. The molecule has 43 valence electrons. The quantitative estimate of drug-likeness (QED) is 0.461. The Morgan fingerprint density at radius 1 is 1.00 bits per heavy atom. The van der Waals surface area contributed by atoms with E-state index >= 15 is 0 Å². The standard InChI is InChI=1S/C6H15Si/c1-6(2)7(3,4)5/h1-5H3. The summed E-state index contributed by atoms with van der Waals surface area (Å²) < 4.78 is 0. The van der Waals surface area contributed by atoms with Gasteiger partial charge in [0, 0.05) is 0 Å². The molecule has 7 heavy (non-hydrogen) atoms. The Labute approximate surface area is 47.9 Å². The van der Waals surface area contributed by atoms with Gasteiger partial charge in [-0.3, -0.25) is 0 Å². The van der Waals surface area contributed by atoms with Crippen LogP contribution in [0.2, 0.25) is 19.6 Å². The van der Waals surface area contributed by atoms with Crippen LogP contribution >= 0.6 is 0 Å². The monoisotopic (exact) mass is 115 g/mol. The van der Waals surface area contributed by atoms with Crippen molar-refractivity contribution in [1.29, 1.82) is 0 Å². The highest BCUT2D eigenvalue weighted by Gasteiger charge is 2.17. The van der Waals surface area contributed by atoms with Crippen LogP contribution in [0, 0.1) is 5.54 Å². The van der Waals surface area contributed by atoms with Gasteiger partial charge < -0.3 is 0 Å². The summed E-state index contributed by atoms with van der Waals surface area (Å²) >= 11 is 0. The highest BCUT2D eigenvalue weighted by molar-refractivity contribution is 6.81. The predicted molar refractivity (Wildman–Crippen MR) is 37.9 cm³/mol. The van der Waals surface area contributed by atoms with Crippen LogP contribution in [-0.4, -0.2) is 8.07 Å². The van der Waals surface area contributed by atoms with E-state index < -0.39 is 8.07 Å². The minimum Gasteiger partial charge on any atom is -0.0692 e. The molecule has 0 N–H and O–H groups in total. The Hall–Kier alpha value is 0.217. The van der Waals surface area contributed by atoms with Crippen LogP contribution in [0.3, 0.4) is 0 Å².